The fourth-order valence-electron chi connectivity index (χ4n) is 3.36. The molecule has 1 heterocycles. The molecule has 102 valence electrons. The van der Waals surface area contributed by atoms with Gasteiger partial charge in [0.15, 0.2) is 0 Å². The molecule has 2 fully saturated rings. The van der Waals surface area contributed by atoms with Crippen LogP contribution in [0.5, 0.6) is 0 Å². The molecule has 2 aliphatic rings. The standard InChI is InChI=1S/C13H21NO4/c1-18-7-6-12(15)14-10-5-3-2-4-9(10)8-11(14)13(16)17/h9-11H,2-8H2,1H3,(H,16,17)/t9-,10-,11-/m0/s1. The van der Waals surface area contributed by atoms with Crippen LogP contribution in [0.2, 0.25) is 0 Å². The van der Waals surface area contributed by atoms with Gasteiger partial charge in [0.05, 0.1) is 13.0 Å². The maximum absolute atomic E-state index is 12.2. The first-order chi connectivity index (χ1) is 8.65. The molecule has 3 atom stereocenters. The lowest BCUT2D eigenvalue weighted by Gasteiger charge is -2.33. The highest BCUT2D eigenvalue weighted by Gasteiger charge is 2.47. The molecule has 1 saturated heterocycles. The van der Waals surface area contributed by atoms with Gasteiger partial charge in [-0.15, -0.1) is 0 Å². The van der Waals surface area contributed by atoms with Crippen molar-refractivity contribution in [3.8, 4) is 0 Å². The summed E-state index contributed by atoms with van der Waals surface area (Å²) in [5, 5.41) is 9.28. The fourth-order valence-corrected chi connectivity index (χ4v) is 3.36. The van der Waals surface area contributed by atoms with Crippen LogP contribution in [0.15, 0.2) is 0 Å². The number of nitrogens with zero attached hydrogens (tertiary/aromatic N) is 1. The number of rotatable bonds is 4. The molecule has 0 aromatic carbocycles. The number of hydrogen-bond acceptors (Lipinski definition) is 3. The first-order valence-corrected chi connectivity index (χ1v) is 6.68. The van der Waals surface area contributed by atoms with E-state index in [4.69, 9.17) is 4.74 Å². The Labute approximate surface area is 107 Å². The van der Waals surface area contributed by atoms with E-state index in [2.05, 4.69) is 0 Å². The average molecular weight is 255 g/mol. The molecule has 1 aliphatic heterocycles. The summed E-state index contributed by atoms with van der Waals surface area (Å²) in [6.45, 7) is 0.360. The molecular weight excluding hydrogens is 234 g/mol. The van der Waals surface area contributed by atoms with Crippen molar-refractivity contribution >= 4 is 11.9 Å². The molecule has 0 radical (unpaired) electrons. The molecule has 0 bridgehead atoms. The highest BCUT2D eigenvalue weighted by molar-refractivity contribution is 5.84. The highest BCUT2D eigenvalue weighted by atomic mass is 16.5. The van der Waals surface area contributed by atoms with Gasteiger partial charge in [0, 0.05) is 13.2 Å². The van der Waals surface area contributed by atoms with E-state index in [9.17, 15) is 14.7 Å². The van der Waals surface area contributed by atoms with Crippen molar-refractivity contribution in [2.75, 3.05) is 13.7 Å². The van der Waals surface area contributed by atoms with E-state index in [1.54, 1.807) is 12.0 Å². The SMILES string of the molecule is COCCC(=O)N1[C@H](C(=O)O)C[C@@H]2CCCC[C@@H]21. The van der Waals surface area contributed by atoms with Crippen molar-refractivity contribution in [1.29, 1.82) is 0 Å². The van der Waals surface area contributed by atoms with Gasteiger partial charge in [-0.25, -0.2) is 4.79 Å². The number of carboxylic acid groups (broad SMARTS) is 1. The van der Waals surface area contributed by atoms with E-state index >= 15 is 0 Å². The average Bonchev–Trinajstić information content (AvgIpc) is 2.75. The number of amides is 1. The monoisotopic (exact) mass is 255 g/mol. The number of likely N-dealkylation sites (tertiary alicyclic amines) is 1. The minimum Gasteiger partial charge on any atom is -0.480 e. The summed E-state index contributed by atoms with van der Waals surface area (Å²) >= 11 is 0. The van der Waals surface area contributed by atoms with Crippen molar-refractivity contribution in [3.05, 3.63) is 0 Å². The number of hydrogen-bond donors (Lipinski definition) is 1. The summed E-state index contributed by atoms with van der Waals surface area (Å²) in [4.78, 5) is 25.1. The van der Waals surface area contributed by atoms with E-state index in [0.29, 0.717) is 18.9 Å². The molecule has 0 spiro atoms. The third-order valence-electron chi connectivity index (χ3n) is 4.18. The van der Waals surface area contributed by atoms with Crippen LogP contribution in [0, 0.1) is 5.92 Å². The van der Waals surface area contributed by atoms with Crippen LogP contribution in [0.3, 0.4) is 0 Å². The Morgan fingerprint density at radius 3 is 2.72 bits per heavy atom. The van der Waals surface area contributed by atoms with Gasteiger partial charge in [-0.2, -0.15) is 0 Å². The number of carbonyl (C=O) groups excluding carboxylic acids is 1. The molecular formula is C13H21NO4. The van der Waals surface area contributed by atoms with Crippen LogP contribution in [-0.4, -0.2) is 47.7 Å². The van der Waals surface area contributed by atoms with Gasteiger partial charge in [-0.05, 0) is 25.2 Å². The summed E-state index contributed by atoms with van der Waals surface area (Å²) in [6, 6.07) is -0.480. The summed E-state index contributed by atoms with van der Waals surface area (Å²) in [5.41, 5.74) is 0. The second kappa shape index (κ2) is 5.69. The lowest BCUT2D eigenvalue weighted by Crippen LogP contribution is -2.46. The molecule has 1 amide bonds. The first kappa shape index (κ1) is 13.3. The van der Waals surface area contributed by atoms with Crippen LogP contribution in [0.4, 0.5) is 0 Å². The third-order valence-corrected chi connectivity index (χ3v) is 4.18. The Morgan fingerprint density at radius 2 is 2.06 bits per heavy atom. The van der Waals surface area contributed by atoms with E-state index in [1.165, 1.54) is 0 Å². The molecule has 0 unspecified atom stereocenters. The van der Waals surface area contributed by atoms with Crippen molar-refractivity contribution in [1.82, 2.24) is 4.90 Å². The molecule has 5 nitrogen and oxygen atoms in total. The lowest BCUT2D eigenvalue weighted by atomic mass is 9.84. The van der Waals surface area contributed by atoms with E-state index in [0.717, 1.165) is 25.7 Å². The number of ether oxygens (including phenoxy) is 1. The fraction of sp³-hybridized carbons (Fsp3) is 0.846. The molecule has 1 aliphatic carbocycles. The zero-order valence-corrected chi connectivity index (χ0v) is 10.8. The van der Waals surface area contributed by atoms with E-state index in [1.807, 2.05) is 0 Å². The van der Waals surface area contributed by atoms with Gasteiger partial charge in [0.25, 0.3) is 0 Å². The summed E-state index contributed by atoms with van der Waals surface area (Å²) in [6.07, 6.45) is 5.17. The van der Waals surface area contributed by atoms with Crippen molar-refractivity contribution in [2.24, 2.45) is 5.92 Å². The van der Waals surface area contributed by atoms with E-state index in [-0.39, 0.29) is 18.4 Å². The number of carbonyl (C=O) groups is 2. The Kier molecular flexibility index (Phi) is 4.22. The zero-order valence-electron chi connectivity index (χ0n) is 10.8. The molecule has 0 aromatic heterocycles. The van der Waals surface area contributed by atoms with Crippen molar-refractivity contribution in [2.45, 2.75) is 50.6 Å². The molecule has 1 saturated carbocycles. The third kappa shape index (κ3) is 2.51. The van der Waals surface area contributed by atoms with Crippen LogP contribution >= 0.6 is 0 Å². The van der Waals surface area contributed by atoms with Gasteiger partial charge in [0.1, 0.15) is 6.04 Å². The molecule has 0 aromatic rings. The van der Waals surface area contributed by atoms with Crippen LogP contribution in [0.25, 0.3) is 0 Å². The molecule has 2 rings (SSSR count). The Morgan fingerprint density at radius 1 is 1.33 bits per heavy atom. The van der Waals surface area contributed by atoms with E-state index < -0.39 is 12.0 Å². The predicted octanol–water partition coefficient (Wildman–Crippen LogP) is 1.27. The second-order valence-corrected chi connectivity index (χ2v) is 5.25. The second-order valence-electron chi connectivity index (χ2n) is 5.25. The number of fused-ring (bicyclic) bond motifs is 1. The van der Waals surface area contributed by atoms with Gasteiger partial charge in [-0.1, -0.05) is 12.8 Å². The van der Waals surface area contributed by atoms with Crippen LogP contribution in [0.1, 0.15) is 38.5 Å². The van der Waals surface area contributed by atoms with Gasteiger partial charge in [0.2, 0.25) is 5.91 Å². The van der Waals surface area contributed by atoms with Crippen LogP contribution in [-0.2, 0) is 14.3 Å². The number of carboxylic acids is 1. The lowest BCUT2D eigenvalue weighted by molar-refractivity contribution is -0.150. The van der Waals surface area contributed by atoms with Gasteiger partial charge >= 0.3 is 5.97 Å². The minimum absolute atomic E-state index is 0.0707. The predicted molar refractivity (Wildman–Crippen MR) is 65.1 cm³/mol. The summed E-state index contributed by atoms with van der Waals surface area (Å²) < 4.78 is 4.91. The summed E-state index contributed by atoms with van der Waals surface area (Å²) in [7, 11) is 1.55. The summed E-state index contributed by atoms with van der Waals surface area (Å²) in [5.74, 6) is -0.555. The minimum atomic E-state index is -0.866. The maximum Gasteiger partial charge on any atom is 0.326 e. The first-order valence-electron chi connectivity index (χ1n) is 6.68. The van der Waals surface area contributed by atoms with Gasteiger partial charge < -0.3 is 14.7 Å². The maximum atomic E-state index is 12.2. The number of methoxy groups -OCH3 is 1. The number of aliphatic carboxylic acids is 1. The Bertz CT molecular complexity index is 331. The molecule has 18 heavy (non-hydrogen) atoms. The normalized spacial score (nSPS) is 31.2. The Balaban J connectivity index is 2.11. The quantitative estimate of drug-likeness (QED) is 0.821. The Hall–Kier alpha value is -1.10. The van der Waals surface area contributed by atoms with Crippen LogP contribution < -0.4 is 0 Å². The highest BCUT2D eigenvalue weighted by Crippen LogP contribution is 2.40. The van der Waals surface area contributed by atoms with Crippen molar-refractivity contribution < 1.29 is 19.4 Å². The smallest absolute Gasteiger partial charge is 0.326 e. The van der Waals surface area contributed by atoms with Crippen molar-refractivity contribution in [3.63, 3.8) is 0 Å². The topological polar surface area (TPSA) is 66.8 Å². The van der Waals surface area contributed by atoms with Gasteiger partial charge in [-0.3, -0.25) is 4.79 Å². The largest absolute Gasteiger partial charge is 0.480 e. The molecule has 1 N–H and O–H groups in total. The molecule has 5 heteroatoms. The zero-order chi connectivity index (χ0) is 13.1.